The van der Waals surface area contributed by atoms with Gasteiger partial charge in [0.05, 0.1) is 41.1 Å². The molecule has 1 aliphatic rings. The van der Waals surface area contributed by atoms with Crippen molar-refractivity contribution in [1.82, 2.24) is 9.88 Å². The summed E-state index contributed by atoms with van der Waals surface area (Å²) < 4.78 is 5.42. The molecule has 1 fully saturated rings. The van der Waals surface area contributed by atoms with Gasteiger partial charge >= 0.3 is 0 Å². The van der Waals surface area contributed by atoms with Crippen LogP contribution in [-0.2, 0) is 22.5 Å². The number of benzene rings is 2. The number of carbonyl (C=O) groups excluding carboxylic acids is 1. The zero-order valence-electron chi connectivity index (χ0n) is 16.2. The first kappa shape index (κ1) is 21.3. The Hall–Kier alpha value is -1.96. The van der Waals surface area contributed by atoms with Gasteiger partial charge in [-0.1, -0.05) is 47.5 Å². The van der Waals surface area contributed by atoms with Gasteiger partial charge in [-0.05, 0) is 23.8 Å². The first-order valence-corrected chi connectivity index (χ1v) is 11.3. The second-order valence-electron chi connectivity index (χ2n) is 7.05. The molecule has 0 bridgehead atoms. The monoisotopic (exact) mass is 461 g/mol. The lowest BCUT2D eigenvalue weighted by molar-refractivity contribution is -0.115. The zero-order chi connectivity index (χ0) is 20.9. The predicted octanol–water partition coefficient (Wildman–Crippen LogP) is 5.13. The molecule has 1 amide bonds. The standard InChI is InChI=1S/C22H21Cl2N3O2S/c23-18-5-2-6-19(24)21(18)26-20(28)12-17-14-30-22(25-17)16-4-1-3-15(11-16)13-27-7-9-29-10-8-27/h1-6,11,14H,7-10,12-13H2,(H,26,28). The smallest absolute Gasteiger partial charge is 0.230 e. The highest BCUT2D eigenvalue weighted by Gasteiger charge is 2.14. The van der Waals surface area contributed by atoms with Crippen molar-refractivity contribution in [2.24, 2.45) is 0 Å². The van der Waals surface area contributed by atoms with Crippen LogP contribution in [0, 0.1) is 0 Å². The van der Waals surface area contributed by atoms with E-state index < -0.39 is 0 Å². The Morgan fingerprint density at radius 3 is 2.63 bits per heavy atom. The number of para-hydroxylation sites is 1. The normalized spacial score (nSPS) is 14.6. The Bertz CT molecular complexity index is 1010. The minimum Gasteiger partial charge on any atom is -0.379 e. The fourth-order valence-electron chi connectivity index (χ4n) is 3.31. The number of hydrogen-bond donors (Lipinski definition) is 1. The van der Waals surface area contributed by atoms with Gasteiger partial charge in [-0.15, -0.1) is 11.3 Å². The van der Waals surface area contributed by atoms with Gasteiger partial charge < -0.3 is 10.1 Å². The van der Waals surface area contributed by atoms with E-state index in [1.54, 1.807) is 18.2 Å². The average molecular weight is 462 g/mol. The molecule has 5 nitrogen and oxygen atoms in total. The Morgan fingerprint density at radius 1 is 1.13 bits per heavy atom. The van der Waals surface area contributed by atoms with Gasteiger partial charge in [-0.3, -0.25) is 9.69 Å². The minimum absolute atomic E-state index is 0.158. The molecular weight excluding hydrogens is 441 g/mol. The van der Waals surface area contributed by atoms with Crippen molar-refractivity contribution in [3.63, 3.8) is 0 Å². The molecule has 2 heterocycles. The number of morpholine rings is 1. The lowest BCUT2D eigenvalue weighted by Gasteiger charge is -2.26. The van der Waals surface area contributed by atoms with E-state index in [9.17, 15) is 4.79 Å². The highest BCUT2D eigenvalue weighted by Crippen LogP contribution is 2.30. The molecule has 1 aliphatic heterocycles. The molecule has 0 spiro atoms. The molecule has 4 rings (SSSR count). The fraction of sp³-hybridized carbons (Fsp3) is 0.273. The summed E-state index contributed by atoms with van der Waals surface area (Å²) in [6.07, 6.45) is 0.158. The van der Waals surface area contributed by atoms with E-state index in [0.29, 0.717) is 21.4 Å². The van der Waals surface area contributed by atoms with Crippen molar-refractivity contribution >= 4 is 46.1 Å². The van der Waals surface area contributed by atoms with Crippen LogP contribution in [0.1, 0.15) is 11.3 Å². The highest BCUT2D eigenvalue weighted by molar-refractivity contribution is 7.13. The van der Waals surface area contributed by atoms with Crippen molar-refractivity contribution < 1.29 is 9.53 Å². The van der Waals surface area contributed by atoms with Crippen LogP contribution in [0.3, 0.4) is 0 Å². The largest absolute Gasteiger partial charge is 0.379 e. The third kappa shape index (κ3) is 5.39. The van der Waals surface area contributed by atoms with Crippen molar-refractivity contribution in [2.75, 3.05) is 31.6 Å². The Kier molecular flexibility index (Phi) is 7.02. The molecule has 0 saturated carbocycles. The number of thiazole rings is 1. The van der Waals surface area contributed by atoms with E-state index in [4.69, 9.17) is 27.9 Å². The number of ether oxygens (including phenoxy) is 1. The minimum atomic E-state index is -0.206. The summed E-state index contributed by atoms with van der Waals surface area (Å²) in [5.41, 5.74) is 3.45. The van der Waals surface area contributed by atoms with Crippen molar-refractivity contribution in [3.8, 4) is 10.6 Å². The third-order valence-electron chi connectivity index (χ3n) is 4.80. The summed E-state index contributed by atoms with van der Waals surface area (Å²) in [5.74, 6) is -0.206. The van der Waals surface area contributed by atoms with Crippen molar-refractivity contribution in [3.05, 3.63) is 69.1 Å². The third-order valence-corrected chi connectivity index (χ3v) is 6.37. The van der Waals surface area contributed by atoms with E-state index in [1.807, 2.05) is 5.38 Å². The Labute approximate surface area is 189 Å². The molecule has 156 valence electrons. The SMILES string of the molecule is O=C(Cc1csc(-c2cccc(CN3CCOCC3)c2)n1)Nc1c(Cl)cccc1Cl. The molecule has 1 aromatic heterocycles. The topological polar surface area (TPSA) is 54.5 Å². The molecule has 30 heavy (non-hydrogen) atoms. The van der Waals surface area contributed by atoms with Crippen LogP contribution in [0.4, 0.5) is 5.69 Å². The van der Waals surface area contributed by atoms with E-state index in [0.717, 1.165) is 43.4 Å². The first-order chi connectivity index (χ1) is 14.6. The number of nitrogens with one attached hydrogen (secondary N) is 1. The average Bonchev–Trinajstić information content (AvgIpc) is 3.20. The van der Waals surface area contributed by atoms with Crippen LogP contribution in [0.5, 0.6) is 0 Å². The molecule has 1 saturated heterocycles. The summed E-state index contributed by atoms with van der Waals surface area (Å²) in [6.45, 7) is 4.39. The Morgan fingerprint density at radius 2 is 1.87 bits per heavy atom. The van der Waals surface area contributed by atoms with Gasteiger partial charge in [-0.25, -0.2) is 4.98 Å². The van der Waals surface area contributed by atoms with Gasteiger partial charge in [0.2, 0.25) is 5.91 Å². The molecule has 0 atom stereocenters. The van der Waals surface area contributed by atoms with Gasteiger partial charge in [0, 0.05) is 30.6 Å². The van der Waals surface area contributed by atoms with Crippen LogP contribution in [0.15, 0.2) is 47.8 Å². The van der Waals surface area contributed by atoms with Crippen molar-refractivity contribution in [1.29, 1.82) is 0 Å². The van der Waals surface area contributed by atoms with E-state index in [-0.39, 0.29) is 12.3 Å². The van der Waals surface area contributed by atoms with Crippen LogP contribution in [-0.4, -0.2) is 42.1 Å². The first-order valence-electron chi connectivity index (χ1n) is 9.66. The maximum absolute atomic E-state index is 12.4. The van der Waals surface area contributed by atoms with E-state index in [2.05, 4.69) is 39.5 Å². The summed E-state index contributed by atoms with van der Waals surface area (Å²) >= 11 is 13.8. The number of aromatic nitrogens is 1. The van der Waals surface area contributed by atoms with Crippen molar-refractivity contribution in [2.45, 2.75) is 13.0 Å². The number of rotatable bonds is 6. The van der Waals surface area contributed by atoms with E-state index in [1.165, 1.54) is 16.9 Å². The number of halogens is 2. The van der Waals surface area contributed by atoms with Crippen LogP contribution in [0.25, 0.3) is 10.6 Å². The quantitative estimate of drug-likeness (QED) is 0.552. The molecular formula is C22H21Cl2N3O2S. The number of anilines is 1. The molecule has 2 aromatic carbocycles. The summed E-state index contributed by atoms with van der Waals surface area (Å²) in [7, 11) is 0. The van der Waals surface area contributed by atoms with Gasteiger partial charge in [0.1, 0.15) is 5.01 Å². The van der Waals surface area contributed by atoms with Crippen LogP contribution in [0.2, 0.25) is 10.0 Å². The number of nitrogens with zero attached hydrogens (tertiary/aromatic N) is 2. The molecule has 0 aliphatic carbocycles. The molecule has 1 N–H and O–H groups in total. The maximum Gasteiger partial charge on any atom is 0.230 e. The Balaban J connectivity index is 1.41. The molecule has 0 unspecified atom stereocenters. The lowest BCUT2D eigenvalue weighted by atomic mass is 10.1. The van der Waals surface area contributed by atoms with Gasteiger partial charge in [0.25, 0.3) is 0 Å². The number of carbonyl (C=O) groups is 1. The number of amides is 1. The van der Waals surface area contributed by atoms with Gasteiger partial charge in [-0.2, -0.15) is 0 Å². The van der Waals surface area contributed by atoms with Crippen LogP contribution >= 0.6 is 34.5 Å². The molecule has 3 aromatic rings. The van der Waals surface area contributed by atoms with Gasteiger partial charge in [0.15, 0.2) is 0 Å². The van der Waals surface area contributed by atoms with E-state index >= 15 is 0 Å². The second-order valence-corrected chi connectivity index (χ2v) is 8.73. The highest BCUT2D eigenvalue weighted by atomic mass is 35.5. The molecule has 8 heteroatoms. The summed E-state index contributed by atoms with van der Waals surface area (Å²) in [5, 5.41) is 6.41. The summed E-state index contributed by atoms with van der Waals surface area (Å²) in [6, 6.07) is 13.5. The zero-order valence-corrected chi connectivity index (χ0v) is 18.6. The lowest BCUT2D eigenvalue weighted by Crippen LogP contribution is -2.35. The summed E-state index contributed by atoms with van der Waals surface area (Å²) in [4.78, 5) is 19.5. The molecule has 0 radical (unpaired) electrons. The fourth-order valence-corrected chi connectivity index (χ4v) is 4.61. The predicted molar refractivity (Wildman–Crippen MR) is 122 cm³/mol. The number of hydrogen-bond acceptors (Lipinski definition) is 5. The maximum atomic E-state index is 12.4. The second kappa shape index (κ2) is 9.90. The van der Waals surface area contributed by atoms with Crippen LogP contribution < -0.4 is 5.32 Å².